The molecule has 0 aliphatic carbocycles. The molecule has 2 N–H and O–H groups in total. The van der Waals surface area contributed by atoms with Crippen LogP contribution in [0, 0.1) is 0 Å². The lowest BCUT2D eigenvalue weighted by molar-refractivity contribution is 1.05. The van der Waals surface area contributed by atoms with Gasteiger partial charge in [0, 0.05) is 15.4 Å². The van der Waals surface area contributed by atoms with Crippen LogP contribution in [0.1, 0.15) is 12.5 Å². The third kappa shape index (κ3) is 3.57. The van der Waals surface area contributed by atoms with E-state index in [9.17, 15) is 0 Å². The van der Waals surface area contributed by atoms with Crippen molar-refractivity contribution in [1.82, 2.24) is 0 Å². The number of fused-ring (bicyclic) bond motifs is 8. The van der Waals surface area contributed by atoms with Crippen molar-refractivity contribution in [2.45, 2.75) is 16.7 Å². The smallest absolute Gasteiger partial charge is 0.135 e. The highest BCUT2D eigenvalue weighted by Crippen LogP contribution is 2.49. The third-order valence-electron chi connectivity index (χ3n) is 7.19. The fourth-order valence-corrected chi connectivity index (χ4v) is 6.51. The number of para-hydroxylation sites is 2. The highest BCUT2D eigenvalue weighted by Gasteiger charge is 2.25. The molecule has 0 spiro atoms. The first-order valence-corrected chi connectivity index (χ1v) is 13.5. The predicted molar refractivity (Wildman–Crippen MR) is 163 cm³/mol. The Kier molecular flexibility index (Phi) is 5.41. The summed E-state index contributed by atoms with van der Waals surface area (Å²) in [6.07, 6.45) is 2.03. The Hall–Kier alpha value is -4.54. The van der Waals surface area contributed by atoms with Crippen LogP contribution in [0.2, 0.25) is 0 Å². The van der Waals surface area contributed by atoms with Crippen molar-refractivity contribution in [2.75, 3.05) is 4.90 Å². The number of aliphatic imine (C=N–C) groups is 1. The third-order valence-corrected chi connectivity index (χ3v) is 8.32. The Balaban J connectivity index is 1.39. The molecule has 3 nitrogen and oxygen atoms in total. The lowest BCUT2D eigenvalue weighted by Crippen LogP contribution is -2.22. The fourth-order valence-electron chi connectivity index (χ4n) is 5.45. The zero-order valence-electron chi connectivity index (χ0n) is 20.9. The first kappa shape index (κ1) is 22.6. The Morgan fingerprint density at radius 3 is 1.66 bits per heavy atom. The van der Waals surface area contributed by atoms with Crippen LogP contribution < -0.4 is 10.6 Å². The average Bonchev–Trinajstić information content (AvgIpc) is 2.98. The van der Waals surface area contributed by atoms with E-state index in [1.807, 2.05) is 13.0 Å². The van der Waals surface area contributed by atoms with E-state index in [2.05, 4.69) is 120 Å². The molecular weight excluding hydrogens is 482 g/mol. The average molecular weight is 508 g/mol. The second kappa shape index (κ2) is 9.09. The second-order valence-electron chi connectivity index (χ2n) is 9.37. The normalized spacial score (nSPS) is 13.7. The van der Waals surface area contributed by atoms with Crippen LogP contribution in [0.5, 0.6) is 0 Å². The molecule has 0 fully saturated rings. The molecule has 6 aromatic carbocycles. The van der Waals surface area contributed by atoms with Crippen LogP contribution in [0.4, 0.5) is 11.4 Å². The summed E-state index contributed by atoms with van der Waals surface area (Å²) in [6.45, 7) is 2.01. The Bertz CT molecular complexity index is 1860. The lowest BCUT2D eigenvalue weighted by Gasteiger charge is -2.32. The Labute approximate surface area is 225 Å². The van der Waals surface area contributed by atoms with Gasteiger partial charge < -0.3 is 5.73 Å². The Morgan fingerprint density at radius 2 is 1.11 bits per heavy atom. The topological polar surface area (TPSA) is 41.6 Å². The second-order valence-corrected chi connectivity index (χ2v) is 10.5. The summed E-state index contributed by atoms with van der Waals surface area (Å²) in [5, 5.41) is 7.38. The van der Waals surface area contributed by atoms with Gasteiger partial charge in [-0.2, -0.15) is 0 Å². The van der Waals surface area contributed by atoms with E-state index in [1.165, 1.54) is 42.1 Å². The summed E-state index contributed by atoms with van der Waals surface area (Å²) in [6, 6.07) is 40.5. The van der Waals surface area contributed by atoms with Crippen LogP contribution in [-0.2, 0) is 0 Å². The minimum absolute atomic E-state index is 0.491. The highest BCUT2D eigenvalue weighted by molar-refractivity contribution is 7.99. The molecule has 7 rings (SSSR count). The summed E-state index contributed by atoms with van der Waals surface area (Å²) >= 11 is 1.78. The van der Waals surface area contributed by atoms with Gasteiger partial charge in [0.15, 0.2) is 0 Å². The minimum atomic E-state index is 0.491. The van der Waals surface area contributed by atoms with Crippen LogP contribution in [0.25, 0.3) is 32.3 Å². The lowest BCUT2D eigenvalue weighted by atomic mass is 9.93. The number of anilines is 2. The summed E-state index contributed by atoms with van der Waals surface area (Å²) in [5.74, 6) is 1.29. The molecule has 6 aromatic rings. The number of hydrogen-bond acceptors (Lipinski definition) is 3. The van der Waals surface area contributed by atoms with Crippen molar-refractivity contribution in [1.29, 1.82) is 0 Å². The first-order chi connectivity index (χ1) is 18.7. The van der Waals surface area contributed by atoms with Gasteiger partial charge in [0.1, 0.15) is 11.7 Å². The summed E-state index contributed by atoms with van der Waals surface area (Å²) in [4.78, 5) is 9.61. The van der Waals surface area contributed by atoms with Crippen LogP contribution >= 0.6 is 11.8 Å². The SMILES string of the molecule is C/C=C(\N=C(/N)c1ccc2c3ccccc3c3ccccc3c2c1)N1c2ccccc2Sc2ccccc21. The van der Waals surface area contributed by atoms with Gasteiger partial charge in [-0.25, -0.2) is 4.99 Å². The van der Waals surface area contributed by atoms with E-state index >= 15 is 0 Å². The maximum absolute atomic E-state index is 6.74. The molecule has 0 aromatic heterocycles. The number of hydrogen-bond donors (Lipinski definition) is 1. The van der Waals surface area contributed by atoms with E-state index < -0.39 is 0 Å². The summed E-state index contributed by atoms with van der Waals surface area (Å²) in [5.41, 5.74) is 9.87. The molecule has 0 bridgehead atoms. The van der Waals surface area contributed by atoms with Crippen molar-refractivity contribution < 1.29 is 0 Å². The van der Waals surface area contributed by atoms with Gasteiger partial charge in [-0.15, -0.1) is 0 Å². The minimum Gasteiger partial charge on any atom is -0.383 e. The van der Waals surface area contributed by atoms with Gasteiger partial charge in [0.2, 0.25) is 0 Å². The molecular formula is C34H25N3S. The van der Waals surface area contributed by atoms with Crippen molar-refractivity contribution in [2.24, 2.45) is 10.7 Å². The molecule has 0 radical (unpaired) electrons. The van der Waals surface area contributed by atoms with E-state index in [4.69, 9.17) is 10.7 Å². The molecule has 0 unspecified atom stereocenters. The van der Waals surface area contributed by atoms with Gasteiger partial charge in [-0.3, -0.25) is 4.90 Å². The van der Waals surface area contributed by atoms with Gasteiger partial charge in [-0.1, -0.05) is 96.7 Å². The first-order valence-electron chi connectivity index (χ1n) is 12.7. The van der Waals surface area contributed by atoms with E-state index in [0.717, 1.165) is 22.8 Å². The van der Waals surface area contributed by atoms with Crippen molar-refractivity contribution in [3.63, 3.8) is 0 Å². The van der Waals surface area contributed by atoms with E-state index in [1.54, 1.807) is 11.8 Å². The number of nitrogens with zero attached hydrogens (tertiary/aromatic N) is 2. The van der Waals surface area contributed by atoms with Gasteiger partial charge in [-0.05, 0) is 75.6 Å². The zero-order valence-corrected chi connectivity index (χ0v) is 21.7. The monoisotopic (exact) mass is 507 g/mol. The largest absolute Gasteiger partial charge is 0.383 e. The molecule has 1 aliphatic heterocycles. The number of allylic oxidation sites excluding steroid dienone is 1. The van der Waals surface area contributed by atoms with Crippen LogP contribution in [0.3, 0.4) is 0 Å². The molecule has 0 saturated heterocycles. The van der Waals surface area contributed by atoms with Gasteiger partial charge in [0.05, 0.1) is 11.4 Å². The van der Waals surface area contributed by atoms with Crippen molar-refractivity contribution in [3.05, 3.63) is 133 Å². The Morgan fingerprint density at radius 1 is 0.632 bits per heavy atom. The fraction of sp³-hybridized carbons (Fsp3) is 0.0294. The number of rotatable bonds is 3. The molecule has 38 heavy (non-hydrogen) atoms. The quantitative estimate of drug-likeness (QED) is 0.148. The molecule has 182 valence electrons. The molecule has 0 amide bonds. The highest BCUT2D eigenvalue weighted by atomic mass is 32.2. The van der Waals surface area contributed by atoms with Crippen LogP contribution in [0.15, 0.2) is 142 Å². The van der Waals surface area contributed by atoms with Gasteiger partial charge in [0.25, 0.3) is 0 Å². The molecule has 1 heterocycles. The van der Waals surface area contributed by atoms with Crippen LogP contribution in [-0.4, -0.2) is 5.84 Å². The molecule has 0 saturated carbocycles. The van der Waals surface area contributed by atoms with Crippen molar-refractivity contribution in [3.8, 4) is 0 Å². The maximum atomic E-state index is 6.74. The maximum Gasteiger partial charge on any atom is 0.135 e. The van der Waals surface area contributed by atoms with E-state index in [-0.39, 0.29) is 0 Å². The zero-order chi connectivity index (χ0) is 25.6. The van der Waals surface area contributed by atoms with Crippen molar-refractivity contribution >= 4 is 61.3 Å². The van der Waals surface area contributed by atoms with E-state index in [0.29, 0.717) is 5.84 Å². The predicted octanol–water partition coefficient (Wildman–Crippen LogP) is 9.02. The van der Waals surface area contributed by atoms with Gasteiger partial charge >= 0.3 is 0 Å². The molecule has 4 heteroatoms. The molecule has 1 aliphatic rings. The number of nitrogens with two attached hydrogens (primary N) is 1. The summed E-state index contributed by atoms with van der Waals surface area (Å²) < 4.78 is 0. The summed E-state index contributed by atoms with van der Waals surface area (Å²) in [7, 11) is 0. The molecule has 0 atom stereocenters. The number of benzene rings is 6. The standard InChI is InChI=1S/C34H25N3S/c1-2-33(37-29-15-7-9-17-31(29)38-32-18-10-8-16-30(32)37)36-34(35)22-19-20-27-25-13-4-3-11-23(25)24-12-5-6-14-26(24)28(27)21-22/h2-21H,1H3,(H2,35,36)/b33-2+. The number of amidine groups is 1.